The van der Waals surface area contributed by atoms with Crippen molar-refractivity contribution in [2.75, 3.05) is 5.32 Å². The largest absolute Gasteiger partial charge is 0.508 e. The number of hydrogen-bond acceptors (Lipinski definition) is 5. The van der Waals surface area contributed by atoms with Gasteiger partial charge in [-0.15, -0.1) is 10.2 Å². The summed E-state index contributed by atoms with van der Waals surface area (Å²) in [5, 5.41) is 22.2. The van der Waals surface area contributed by atoms with Gasteiger partial charge >= 0.3 is 0 Å². The molecule has 4 aromatic rings. The Balaban J connectivity index is 1.88. The number of nitrogens with two attached hydrogens (primary N) is 1. The Morgan fingerprint density at radius 2 is 1.85 bits per heavy atom. The minimum atomic E-state index is -0.621. The Bertz CT molecular complexity index is 1200. The lowest BCUT2D eigenvalue weighted by molar-refractivity contribution is 0.0995. The van der Waals surface area contributed by atoms with Gasteiger partial charge in [-0.25, -0.2) is 0 Å². The second-order valence-electron chi connectivity index (χ2n) is 6.47. The lowest BCUT2D eigenvalue weighted by Gasteiger charge is -2.19. The zero-order valence-corrected chi connectivity index (χ0v) is 14.1. The van der Waals surface area contributed by atoms with Crippen LogP contribution in [0.5, 0.6) is 5.75 Å². The van der Waals surface area contributed by atoms with Crippen molar-refractivity contribution in [3.8, 4) is 16.9 Å². The van der Waals surface area contributed by atoms with E-state index in [-0.39, 0.29) is 17.5 Å². The fourth-order valence-corrected chi connectivity index (χ4v) is 3.69. The lowest BCUT2D eigenvalue weighted by atomic mass is 9.95. The zero-order chi connectivity index (χ0) is 18.5. The van der Waals surface area contributed by atoms with Crippen LogP contribution in [-0.2, 0) is 0 Å². The van der Waals surface area contributed by atoms with Crippen molar-refractivity contribution >= 4 is 22.6 Å². The van der Waals surface area contributed by atoms with Crippen LogP contribution in [0.1, 0.15) is 27.7 Å². The summed E-state index contributed by atoms with van der Waals surface area (Å²) in [5.74, 6) is -0.418. The van der Waals surface area contributed by atoms with E-state index in [2.05, 4.69) is 20.5 Å². The number of aromatic amines is 1. The summed E-state index contributed by atoms with van der Waals surface area (Å²) in [7, 11) is 0. The number of para-hydroxylation sites is 1. The number of anilines is 1. The van der Waals surface area contributed by atoms with Crippen LogP contribution in [0.3, 0.4) is 0 Å². The standard InChI is InChI=1S/C20H15N5O2/c21-19(27)18-15-12-3-1-2-4-14(12)23-17(10-5-7-11(26)8-6-10)13-9-22-20(16(13)15)25-24-18/h1-9,17,23,26H,(H2,21,27)(H,22,25). The Kier molecular flexibility index (Phi) is 3.17. The average molecular weight is 357 g/mol. The molecule has 3 heterocycles. The highest BCUT2D eigenvalue weighted by molar-refractivity contribution is 6.10. The van der Waals surface area contributed by atoms with Gasteiger partial charge < -0.3 is 21.1 Å². The summed E-state index contributed by atoms with van der Waals surface area (Å²) >= 11 is 0. The van der Waals surface area contributed by atoms with E-state index < -0.39 is 5.91 Å². The first-order chi connectivity index (χ1) is 13.1. The van der Waals surface area contributed by atoms with E-state index >= 15 is 0 Å². The Morgan fingerprint density at radius 1 is 1.07 bits per heavy atom. The van der Waals surface area contributed by atoms with Gasteiger partial charge in [0.1, 0.15) is 5.75 Å². The number of nitrogens with one attached hydrogen (secondary N) is 2. The maximum absolute atomic E-state index is 12.1. The first-order valence-electron chi connectivity index (χ1n) is 8.46. The van der Waals surface area contributed by atoms with Crippen molar-refractivity contribution in [2.45, 2.75) is 6.04 Å². The number of phenols is 1. The van der Waals surface area contributed by atoms with E-state index in [1.54, 1.807) is 12.1 Å². The molecule has 1 atom stereocenters. The number of fused-ring (bicyclic) bond motifs is 2. The van der Waals surface area contributed by atoms with Crippen LogP contribution in [-0.4, -0.2) is 26.2 Å². The topological polar surface area (TPSA) is 117 Å². The second kappa shape index (κ2) is 5.57. The highest BCUT2D eigenvalue weighted by Crippen LogP contribution is 2.44. The van der Waals surface area contributed by atoms with E-state index in [0.717, 1.165) is 27.8 Å². The molecule has 0 fully saturated rings. The maximum Gasteiger partial charge on any atom is 0.269 e. The number of primary amides is 1. The number of amides is 1. The van der Waals surface area contributed by atoms with Gasteiger partial charge in [-0.1, -0.05) is 30.3 Å². The lowest BCUT2D eigenvalue weighted by Crippen LogP contribution is -2.15. The summed E-state index contributed by atoms with van der Waals surface area (Å²) in [4.78, 5) is 15.2. The van der Waals surface area contributed by atoms with Crippen LogP contribution in [0.25, 0.3) is 22.2 Å². The van der Waals surface area contributed by atoms with Crippen LogP contribution in [0.15, 0.2) is 54.7 Å². The molecule has 0 saturated heterocycles. The number of phenolic OH excluding ortho intramolecular Hbond substituents is 1. The van der Waals surface area contributed by atoms with Crippen LogP contribution < -0.4 is 11.1 Å². The first kappa shape index (κ1) is 15.4. The molecule has 27 heavy (non-hydrogen) atoms. The quantitative estimate of drug-likeness (QED) is 0.440. The smallest absolute Gasteiger partial charge is 0.269 e. The number of rotatable bonds is 2. The second-order valence-corrected chi connectivity index (χ2v) is 6.47. The van der Waals surface area contributed by atoms with Crippen molar-refractivity contribution in [3.63, 3.8) is 0 Å². The molecule has 0 radical (unpaired) electrons. The molecule has 1 amide bonds. The van der Waals surface area contributed by atoms with Gasteiger partial charge in [0.05, 0.1) is 6.04 Å². The third-order valence-corrected chi connectivity index (χ3v) is 4.89. The SMILES string of the molecule is NC(=O)c1nnc2[nH]cc3c2c1-c1ccccc1NC3c1ccc(O)cc1. The molecule has 5 rings (SSSR count). The van der Waals surface area contributed by atoms with Crippen molar-refractivity contribution in [1.82, 2.24) is 15.2 Å². The first-order valence-corrected chi connectivity index (χ1v) is 8.46. The molecule has 0 spiro atoms. The van der Waals surface area contributed by atoms with Crippen molar-refractivity contribution < 1.29 is 9.90 Å². The number of carbonyl (C=O) groups excluding carboxylic acids is 1. The highest BCUT2D eigenvalue weighted by atomic mass is 16.3. The molecule has 1 unspecified atom stereocenters. The molecule has 0 bridgehead atoms. The summed E-state index contributed by atoms with van der Waals surface area (Å²) in [6.45, 7) is 0. The number of benzene rings is 2. The van der Waals surface area contributed by atoms with Crippen LogP contribution >= 0.6 is 0 Å². The van der Waals surface area contributed by atoms with Crippen molar-refractivity contribution in [2.24, 2.45) is 5.73 Å². The molecule has 5 N–H and O–H groups in total. The summed E-state index contributed by atoms with van der Waals surface area (Å²) in [6.07, 6.45) is 1.87. The molecule has 132 valence electrons. The molecule has 0 aliphatic carbocycles. The van der Waals surface area contributed by atoms with Gasteiger partial charge in [-0.3, -0.25) is 4.79 Å². The van der Waals surface area contributed by atoms with E-state index in [0.29, 0.717) is 11.2 Å². The van der Waals surface area contributed by atoms with Crippen molar-refractivity contribution in [3.05, 3.63) is 71.5 Å². The normalized spacial score (nSPS) is 15.0. The van der Waals surface area contributed by atoms with E-state index in [1.807, 2.05) is 42.6 Å². The van der Waals surface area contributed by atoms with E-state index in [4.69, 9.17) is 5.73 Å². The third kappa shape index (κ3) is 2.25. The maximum atomic E-state index is 12.1. The van der Waals surface area contributed by atoms with Gasteiger partial charge in [0.25, 0.3) is 5.91 Å². The Labute approximate surface area is 153 Å². The van der Waals surface area contributed by atoms with Crippen LogP contribution in [0, 0.1) is 0 Å². The number of nitrogens with zero attached hydrogens (tertiary/aromatic N) is 2. The molecule has 7 heteroatoms. The highest BCUT2D eigenvalue weighted by Gasteiger charge is 2.29. The fourth-order valence-electron chi connectivity index (χ4n) is 3.69. The number of hydrogen-bond donors (Lipinski definition) is 4. The predicted octanol–water partition coefficient (Wildman–Crippen LogP) is 2.94. The van der Waals surface area contributed by atoms with E-state index in [9.17, 15) is 9.90 Å². The molecule has 2 aromatic heterocycles. The average Bonchev–Trinajstić information content (AvgIpc) is 3.04. The summed E-state index contributed by atoms with van der Waals surface area (Å²) in [6, 6.07) is 14.5. The molecule has 7 nitrogen and oxygen atoms in total. The monoisotopic (exact) mass is 357 g/mol. The van der Waals surface area contributed by atoms with Gasteiger partial charge in [-0.05, 0) is 23.8 Å². The van der Waals surface area contributed by atoms with Gasteiger partial charge in [-0.2, -0.15) is 0 Å². The van der Waals surface area contributed by atoms with Crippen molar-refractivity contribution in [1.29, 1.82) is 0 Å². The minimum absolute atomic E-state index is 0.143. The molecular formula is C20H15N5O2. The van der Waals surface area contributed by atoms with E-state index in [1.165, 1.54) is 0 Å². The number of aromatic nitrogens is 3. The molecule has 2 aromatic carbocycles. The molecule has 0 saturated carbocycles. The molecular weight excluding hydrogens is 342 g/mol. The minimum Gasteiger partial charge on any atom is -0.508 e. The van der Waals surface area contributed by atoms with Crippen LogP contribution in [0.4, 0.5) is 5.69 Å². The van der Waals surface area contributed by atoms with Gasteiger partial charge in [0, 0.05) is 34.0 Å². The summed E-state index contributed by atoms with van der Waals surface area (Å²) < 4.78 is 0. The molecule has 1 aliphatic heterocycles. The van der Waals surface area contributed by atoms with Crippen LogP contribution in [0.2, 0.25) is 0 Å². The number of carbonyl (C=O) groups is 1. The van der Waals surface area contributed by atoms with Gasteiger partial charge in [0.2, 0.25) is 0 Å². The zero-order valence-electron chi connectivity index (χ0n) is 14.1. The Hall–Kier alpha value is -3.87. The number of aromatic hydroxyl groups is 1. The van der Waals surface area contributed by atoms with Gasteiger partial charge in [0.15, 0.2) is 11.3 Å². The Morgan fingerprint density at radius 3 is 2.63 bits per heavy atom. The molecule has 1 aliphatic rings. The fraction of sp³-hybridized carbons (Fsp3) is 0.0500. The summed E-state index contributed by atoms with van der Waals surface area (Å²) in [5.41, 5.74) is 10.6. The number of H-pyrrole nitrogens is 1. The third-order valence-electron chi connectivity index (χ3n) is 4.89. The predicted molar refractivity (Wildman–Crippen MR) is 101 cm³/mol.